The van der Waals surface area contributed by atoms with E-state index in [2.05, 4.69) is 24.1 Å². The van der Waals surface area contributed by atoms with Gasteiger partial charge in [-0.05, 0) is 45.2 Å². The fourth-order valence-corrected chi connectivity index (χ4v) is 2.53. The molecule has 2 unspecified atom stereocenters. The summed E-state index contributed by atoms with van der Waals surface area (Å²) in [7, 11) is 0. The van der Waals surface area contributed by atoms with Gasteiger partial charge in [0.2, 0.25) is 0 Å². The summed E-state index contributed by atoms with van der Waals surface area (Å²) >= 11 is 0. The van der Waals surface area contributed by atoms with Crippen LogP contribution >= 0.6 is 0 Å². The Balaban J connectivity index is 0.000000509. The molecule has 2 nitrogen and oxygen atoms in total. The summed E-state index contributed by atoms with van der Waals surface area (Å²) in [5.74, 6) is 1.94. The molecule has 2 fully saturated rings. The topological polar surface area (TPSA) is 15.3 Å². The summed E-state index contributed by atoms with van der Waals surface area (Å²) in [6, 6.07) is 0.746. The average molecular weight is 228 g/mol. The fraction of sp³-hybridized carbons (Fsp3) is 1.00. The third-order valence-corrected chi connectivity index (χ3v) is 3.43. The molecule has 2 heterocycles. The summed E-state index contributed by atoms with van der Waals surface area (Å²) in [5, 5.41) is 3.49. The minimum atomic E-state index is 0.746. The number of nitrogens with zero attached hydrogens (tertiary/aromatic N) is 1. The van der Waals surface area contributed by atoms with Crippen molar-refractivity contribution >= 4 is 0 Å². The van der Waals surface area contributed by atoms with E-state index in [1.165, 1.54) is 32.6 Å². The number of hydrogen-bond donors (Lipinski definition) is 1. The molecule has 0 aromatic rings. The zero-order chi connectivity index (χ0) is 12.6. The number of rotatable bonds is 1. The van der Waals surface area contributed by atoms with E-state index >= 15 is 0 Å². The summed E-state index contributed by atoms with van der Waals surface area (Å²) in [5.41, 5.74) is 0. The van der Waals surface area contributed by atoms with Crippen LogP contribution in [0.2, 0.25) is 0 Å². The maximum absolute atomic E-state index is 3.49. The Morgan fingerprint density at radius 1 is 1.00 bits per heavy atom. The predicted molar refractivity (Wildman–Crippen MR) is 73.9 cm³/mol. The number of likely N-dealkylation sites (tertiary alicyclic amines) is 1. The smallest absolute Gasteiger partial charge is 0.00388 e. The van der Waals surface area contributed by atoms with Crippen LogP contribution in [0.25, 0.3) is 0 Å². The van der Waals surface area contributed by atoms with Crippen LogP contribution in [0.4, 0.5) is 0 Å². The van der Waals surface area contributed by atoms with Crippen LogP contribution in [-0.4, -0.2) is 37.1 Å². The van der Waals surface area contributed by atoms with Gasteiger partial charge in [-0.15, -0.1) is 0 Å². The zero-order valence-electron chi connectivity index (χ0n) is 12.2. The summed E-state index contributed by atoms with van der Waals surface area (Å²) < 4.78 is 0. The molecule has 1 N–H and O–H groups in total. The normalized spacial score (nSPS) is 28.7. The predicted octanol–water partition coefficient (Wildman–Crippen LogP) is 2.99. The molecule has 2 aliphatic heterocycles. The van der Waals surface area contributed by atoms with Crippen LogP contribution < -0.4 is 5.32 Å². The van der Waals surface area contributed by atoms with Crippen LogP contribution in [0.5, 0.6) is 0 Å². The lowest BCUT2D eigenvalue weighted by Gasteiger charge is -2.24. The Kier molecular flexibility index (Phi) is 8.96. The quantitative estimate of drug-likeness (QED) is 0.742. The highest BCUT2D eigenvalue weighted by Gasteiger charge is 2.34. The van der Waals surface area contributed by atoms with Crippen molar-refractivity contribution in [2.75, 3.05) is 26.2 Å². The zero-order valence-corrected chi connectivity index (χ0v) is 12.2. The molecule has 2 saturated heterocycles. The molecule has 98 valence electrons. The van der Waals surface area contributed by atoms with Gasteiger partial charge in [-0.1, -0.05) is 27.7 Å². The second-order valence-electron chi connectivity index (χ2n) is 4.56. The standard InChI is InChI=1S/C10H20N2.2C2H6/c1-8(2)12-6-9-3-4-11-5-10(9)7-12;2*1-2/h8-11H,3-7H2,1-2H3;2*1-2H3. The van der Waals surface area contributed by atoms with Gasteiger partial charge in [0.15, 0.2) is 0 Å². The van der Waals surface area contributed by atoms with E-state index in [0.717, 1.165) is 17.9 Å². The van der Waals surface area contributed by atoms with E-state index < -0.39 is 0 Å². The molecule has 2 heteroatoms. The third-order valence-electron chi connectivity index (χ3n) is 3.43. The molecule has 2 atom stereocenters. The first-order chi connectivity index (χ1) is 7.77. The van der Waals surface area contributed by atoms with E-state index in [1.54, 1.807) is 0 Å². The van der Waals surface area contributed by atoms with Crippen LogP contribution in [-0.2, 0) is 0 Å². The van der Waals surface area contributed by atoms with Gasteiger partial charge in [-0.25, -0.2) is 0 Å². The van der Waals surface area contributed by atoms with Crippen molar-refractivity contribution in [2.45, 2.75) is 54.0 Å². The Hall–Kier alpha value is -0.0800. The van der Waals surface area contributed by atoms with Crippen molar-refractivity contribution in [1.29, 1.82) is 0 Å². The van der Waals surface area contributed by atoms with Crippen molar-refractivity contribution in [3.63, 3.8) is 0 Å². The van der Waals surface area contributed by atoms with E-state index in [1.807, 2.05) is 27.7 Å². The Morgan fingerprint density at radius 2 is 1.56 bits per heavy atom. The highest BCUT2D eigenvalue weighted by molar-refractivity contribution is 4.89. The van der Waals surface area contributed by atoms with Crippen LogP contribution in [0.3, 0.4) is 0 Å². The molecular weight excluding hydrogens is 196 g/mol. The second-order valence-corrected chi connectivity index (χ2v) is 4.56. The van der Waals surface area contributed by atoms with Crippen molar-refractivity contribution in [3.8, 4) is 0 Å². The number of fused-ring (bicyclic) bond motifs is 1. The molecule has 2 rings (SSSR count). The lowest BCUT2D eigenvalue weighted by atomic mass is 9.90. The van der Waals surface area contributed by atoms with Crippen molar-refractivity contribution in [1.82, 2.24) is 10.2 Å². The molecule has 0 aromatic heterocycles. The Morgan fingerprint density at radius 3 is 2.06 bits per heavy atom. The molecule has 16 heavy (non-hydrogen) atoms. The maximum Gasteiger partial charge on any atom is 0.00388 e. The van der Waals surface area contributed by atoms with Gasteiger partial charge in [-0.3, -0.25) is 0 Å². The first kappa shape index (κ1) is 15.9. The number of hydrogen-bond acceptors (Lipinski definition) is 2. The average Bonchev–Trinajstić information content (AvgIpc) is 2.78. The molecule has 0 saturated carbocycles. The Bertz CT molecular complexity index is 143. The third kappa shape index (κ3) is 4.42. The highest BCUT2D eigenvalue weighted by Crippen LogP contribution is 2.28. The largest absolute Gasteiger partial charge is 0.316 e. The van der Waals surface area contributed by atoms with E-state index in [4.69, 9.17) is 0 Å². The lowest BCUT2D eigenvalue weighted by molar-refractivity contribution is 0.262. The van der Waals surface area contributed by atoms with Gasteiger partial charge < -0.3 is 10.2 Å². The molecule has 0 aromatic carbocycles. The molecule has 0 spiro atoms. The fourth-order valence-electron chi connectivity index (χ4n) is 2.53. The summed E-state index contributed by atoms with van der Waals surface area (Å²) in [4.78, 5) is 2.63. The minimum Gasteiger partial charge on any atom is -0.316 e. The first-order valence-electron chi connectivity index (χ1n) is 7.22. The van der Waals surface area contributed by atoms with Gasteiger partial charge in [0, 0.05) is 19.1 Å². The van der Waals surface area contributed by atoms with Gasteiger partial charge in [0.1, 0.15) is 0 Å². The SMILES string of the molecule is CC.CC.CC(C)N1CC2CCNCC2C1. The molecule has 0 aliphatic carbocycles. The highest BCUT2D eigenvalue weighted by atomic mass is 15.2. The Labute approximate surface area is 103 Å². The number of piperidine rings is 1. The van der Waals surface area contributed by atoms with E-state index in [9.17, 15) is 0 Å². The molecule has 0 radical (unpaired) electrons. The van der Waals surface area contributed by atoms with Crippen LogP contribution in [0, 0.1) is 11.8 Å². The van der Waals surface area contributed by atoms with Gasteiger partial charge in [0.05, 0.1) is 0 Å². The molecule has 0 bridgehead atoms. The second kappa shape index (κ2) is 9.00. The van der Waals surface area contributed by atoms with Gasteiger partial charge >= 0.3 is 0 Å². The van der Waals surface area contributed by atoms with Crippen LogP contribution in [0.15, 0.2) is 0 Å². The van der Waals surface area contributed by atoms with Crippen LogP contribution in [0.1, 0.15) is 48.0 Å². The molecular formula is C14H32N2. The summed E-state index contributed by atoms with van der Waals surface area (Å²) in [6.07, 6.45) is 1.40. The first-order valence-corrected chi connectivity index (χ1v) is 7.22. The monoisotopic (exact) mass is 228 g/mol. The van der Waals surface area contributed by atoms with Crippen molar-refractivity contribution in [3.05, 3.63) is 0 Å². The number of nitrogens with one attached hydrogen (secondary N) is 1. The van der Waals surface area contributed by atoms with Crippen molar-refractivity contribution < 1.29 is 0 Å². The van der Waals surface area contributed by atoms with E-state index in [0.29, 0.717) is 0 Å². The van der Waals surface area contributed by atoms with Gasteiger partial charge in [-0.2, -0.15) is 0 Å². The van der Waals surface area contributed by atoms with Gasteiger partial charge in [0.25, 0.3) is 0 Å². The molecule has 0 amide bonds. The summed E-state index contributed by atoms with van der Waals surface area (Å²) in [6.45, 7) is 17.8. The molecule has 2 aliphatic rings. The lowest BCUT2D eigenvalue weighted by Crippen LogP contribution is -2.35. The maximum atomic E-state index is 3.49. The van der Waals surface area contributed by atoms with E-state index in [-0.39, 0.29) is 0 Å². The van der Waals surface area contributed by atoms with Crippen molar-refractivity contribution in [2.24, 2.45) is 11.8 Å². The minimum absolute atomic E-state index is 0.746.